The number of rotatable bonds is 3. The number of aromatic nitrogens is 2. The highest BCUT2D eigenvalue weighted by Gasteiger charge is 2.29. The number of para-hydroxylation sites is 1. The number of hydrogen-bond donors (Lipinski definition) is 1. The highest BCUT2D eigenvalue weighted by Crippen LogP contribution is 2.33. The molecule has 0 aliphatic carbocycles. The molecule has 4 rings (SSSR count). The van der Waals surface area contributed by atoms with Gasteiger partial charge in [-0.2, -0.15) is 0 Å². The summed E-state index contributed by atoms with van der Waals surface area (Å²) in [5.74, 6) is 3.12. The van der Waals surface area contributed by atoms with Crippen molar-refractivity contribution in [3.8, 4) is 5.75 Å². The summed E-state index contributed by atoms with van der Waals surface area (Å²) in [7, 11) is 1.88. The van der Waals surface area contributed by atoms with Crippen molar-refractivity contribution in [2.45, 2.75) is 31.7 Å². The van der Waals surface area contributed by atoms with E-state index >= 15 is 0 Å². The molecule has 3 heterocycles. The number of fused-ring (bicyclic) bond motifs is 1. The number of imidazole rings is 1. The Morgan fingerprint density at radius 3 is 2.96 bits per heavy atom. The van der Waals surface area contributed by atoms with Crippen LogP contribution in [-0.4, -0.2) is 53.7 Å². The lowest BCUT2D eigenvalue weighted by atomic mass is 9.92. The number of hydrogen-bond acceptors (Lipinski definition) is 3. The number of nitrogens with zero attached hydrogens (tertiary/aromatic N) is 4. The summed E-state index contributed by atoms with van der Waals surface area (Å²) in [6, 6.07) is 8.82. The maximum atomic E-state index is 5.79. The smallest absolute Gasteiger partial charge is 0.193 e. The molecule has 1 aromatic heterocycles. The van der Waals surface area contributed by atoms with Gasteiger partial charge >= 0.3 is 0 Å². The summed E-state index contributed by atoms with van der Waals surface area (Å²) >= 11 is 0. The van der Waals surface area contributed by atoms with Gasteiger partial charge in [0.05, 0.1) is 19.0 Å². The Hall–Kier alpha value is -1.77. The van der Waals surface area contributed by atoms with E-state index in [4.69, 9.17) is 4.74 Å². The number of halogens is 1. The molecule has 0 radical (unpaired) electrons. The number of guanidine groups is 1. The molecule has 0 amide bonds. The van der Waals surface area contributed by atoms with E-state index < -0.39 is 0 Å². The van der Waals surface area contributed by atoms with Crippen molar-refractivity contribution < 1.29 is 4.74 Å². The first-order valence-corrected chi connectivity index (χ1v) is 9.91. The van der Waals surface area contributed by atoms with E-state index in [1.54, 1.807) is 0 Å². The van der Waals surface area contributed by atoms with Gasteiger partial charge in [-0.15, -0.1) is 24.0 Å². The van der Waals surface area contributed by atoms with E-state index in [9.17, 15) is 0 Å². The second kappa shape index (κ2) is 9.62. The Bertz CT molecular complexity index is 779. The molecule has 3 atom stereocenters. The third kappa shape index (κ3) is 4.45. The molecule has 2 aliphatic heterocycles. The van der Waals surface area contributed by atoms with Crippen LogP contribution in [0.1, 0.15) is 37.3 Å². The van der Waals surface area contributed by atoms with E-state index in [1.807, 2.05) is 25.6 Å². The fourth-order valence-corrected chi connectivity index (χ4v) is 4.27. The normalized spacial score (nSPS) is 24.7. The van der Waals surface area contributed by atoms with Gasteiger partial charge in [0.25, 0.3) is 0 Å². The van der Waals surface area contributed by atoms with Gasteiger partial charge in [-0.25, -0.2) is 4.98 Å². The standard InChI is InChI=1S/C21H29N5O.HI/c1-16-7-10-25(14-19(16)26-11-9-23-15-26)21(22-2)24-13-17-8-12-27-20-6-4-3-5-18(17)20;/h3-6,9,11,15-17,19H,7-8,10,12-14H2,1-2H3,(H,22,24);1H. The van der Waals surface area contributed by atoms with E-state index in [1.165, 1.54) is 5.56 Å². The van der Waals surface area contributed by atoms with Crippen LogP contribution >= 0.6 is 24.0 Å². The Labute approximate surface area is 184 Å². The molecule has 152 valence electrons. The molecule has 1 saturated heterocycles. The average molecular weight is 495 g/mol. The molecule has 1 aromatic carbocycles. The molecular weight excluding hydrogens is 465 g/mol. The van der Waals surface area contributed by atoms with Gasteiger partial charge in [0, 0.05) is 45.0 Å². The van der Waals surface area contributed by atoms with Gasteiger partial charge in [-0.1, -0.05) is 25.1 Å². The molecule has 1 N–H and O–H groups in total. The van der Waals surface area contributed by atoms with Crippen LogP contribution in [0.4, 0.5) is 0 Å². The zero-order chi connectivity index (χ0) is 18.6. The zero-order valence-corrected chi connectivity index (χ0v) is 19.0. The minimum Gasteiger partial charge on any atom is -0.493 e. The Morgan fingerprint density at radius 2 is 2.18 bits per heavy atom. The molecule has 7 heteroatoms. The lowest BCUT2D eigenvalue weighted by Crippen LogP contribution is -2.49. The number of nitrogens with one attached hydrogen (secondary N) is 1. The molecule has 28 heavy (non-hydrogen) atoms. The van der Waals surface area contributed by atoms with Crippen molar-refractivity contribution in [1.82, 2.24) is 19.8 Å². The van der Waals surface area contributed by atoms with Gasteiger partial charge in [0.2, 0.25) is 0 Å². The maximum Gasteiger partial charge on any atom is 0.193 e. The molecule has 0 bridgehead atoms. The quantitative estimate of drug-likeness (QED) is 0.402. The molecule has 0 saturated carbocycles. The number of likely N-dealkylation sites (tertiary alicyclic amines) is 1. The van der Waals surface area contributed by atoms with Gasteiger partial charge < -0.3 is 19.5 Å². The fraction of sp³-hybridized carbons (Fsp3) is 0.524. The van der Waals surface area contributed by atoms with E-state index in [0.29, 0.717) is 17.9 Å². The van der Waals surface area contributed by atoms with Crippen LogP contribution in [0.2, 0.25) is 0 Å². The lowest BCUT2D eigenvalue weighted by Gasteiger charge is -2.39. The molecule has 2 aliphatic rings. The summed E-state index contributed by atoms with van der Waals surface area (Å²) in [6.07, 6.45) is 8.06. The predicted molar refractivity (Wildman–Crippen MR) is 123 cm³/mol. The molecule has 0 spiro atoms. The second-order valence-corrected chi connectivity index (χ2v) is 7.59. The largest absolute Gasteiger partial charge is 0.493 e. The molecular formula is C21H30IN5O. The van der Waals surface area contributed by atoms with E-state index in [2.05, 4.69) is 56.1 Å². The first-order chi connectivity index (χ1) is 13.3. The van der Waals surface area contributed by atoms with E-state index in [0.717, 1.165) is 50.8 Å². The van der Waals surface area contributed by atoms with Crippen LogP contribution in [0.5, 0.6) is 5.75 Å². The Morgan fingerprint density at radius 1 is 1.32 bits per heavy atom. The molecule has 6 nitrogen and oxygen atoms in total. The predicted octanol–water partition coefficient (Wildman–Crippen LogP) is 3.53. The van der Waals surface area contributed by atoms with Crippen LogP contribution in [0.25, 0.3) is 0 Å². The average Bonchev–Trinajstić information content (AvgIpc) is 3.24. The van der Waals surface area contributed by atoms with Crippen LogP contribution in [0.15, 0.2) is 48.0 Å². The maximum absolute atomic E-state index is 5.79. The van der Waals surface area contributed by atoms with Crippen molar-refractivity contribution in [3.63, 3.8) is 0 Å². The van der Waals surface area contributed by atoms with Crippen LogP contribution in [0, 0.1) is 5.92 Å². The van der Waals surface area contributed by atoms with Crippen LogP contribution in [0.3, 0.4) is 0 Å². The number of aliphatic imine (C=N–C) groups is 1. The van der Waals surface area contributed by atoms with Crippen LogP contribution < -0.4 is 10.1 Å². The second-order valence-electron chi connectivity index (χ2n) is 7.59. The first-order valence-electron chi connectivity index (χ1n) is 9.91. The van der Waals surface area contributed by atoms with Crippen molar-refractivity contribution in [2.75, 3.05) is 33.3 Å². The Balaban J connectivity index is 0.00000225. The third-order valence-corrected chi connectivity index (χ3v) is 5.93. The fourth-order valence-electron chi connectivity index (χ4n) is 4.27. The van der Waals surface area contributed by atoms with Gasteiger partial charge in [-0.3, -0.25) is 4.99 Å². The summed E-state index contributed by atoms with van der Waals surface area (Å²) < 4.78 is 8.03. The van der Waals surface area contributed by atoms with Crippen LogP contribution in [-0.2, 0) is 0 Å². The van der Waals surface area contributed by atoms with Gasteiger partial charge in [-0.05, 0) is 30.4 Å². The monoisotopic (exact) mass is 495 g/mol. The van der Waals surface area contributed by atoms with Gasteiger partial charge in [0.15, 0.2) is 5.96 Å². The highest BCUT2D eigenvalue weighted by molar-refractivity contribution is 14.0. The summed E-state index contributed by atoms with van der Waals surface area (Å²) in [6.45, 7) is 6.00. The number of benzene rings is 1. The first kappa shape index (κ1) is 21.0. The summed E-state index contributed by atoms with van der Waals surface area (Å²) in [4.78, 5) is 11.2. The minimum absolute atomic E-state index is 0. The molecule has 3 unspecified atom stereocenters. The highest BCUT2D eigenvalue weighted by atomic mass is 127. The van der Waals surface area contributed by atoms with Crippen molar-refractivity contribution in [2.24, 2.45) is 10.9 Å². The number of ether oxygens (including phenoxy) is 1. The topological polar surface area (TPSA) is 54.7 Å². The van der Waals surface area contributed by atoms with E-state index in [-0.39, 0.29) is 24.0 Å². The molecule has 2 aromatic rings. The molecule has 1 fully saturated rings. The Kier molecular flexibility index (Phi) is 7.20. The summed E-state index contributed by atoms with van der Waals surface area (Å²) in [5, 5.41) is 3.63. The SMILES string of the molecule is CN=C(NCC1CCOc2ccccc21)N1CCC(C)C(n2ccnc2)C1.I. The number of piperidine rings is 1. The van der Waals surface area contributed by atoms with Gasteiger partial charge in [0.1, 0.15) is 5.75 Å². The van der Waals surface area contributed by atoms with Crippen molar-refractivity contribution in [1.29, 1.82) is 0 Å². The summed E-state index contributed by atoms with van der Waals surface area (Å²) in [5.41, 5.74) is 1.30. The minimum atomic E-state index is 0. The zero-order valence-electron chi connectivity index (χ0n) is 16.6. The van der Waals surface area contributed by atoms with Crippen molar-refractivity contribution in [3.05, 3.63) is 48.5 Å². The lowest BCUT2D eigenvalue weighted by molar-refractivity contribution is 0.188. The van der Waals surface area contributed by atoms with Crippen molar-refractivity contribution >= 4 is 29.9 Å². The third-order valence-electron chi connectivity index (χ3n) is 5.93.